The summed E-state index contributed by atoms with van der Waals surface area (Å²) in [5.74, 6) is 0.910. The van der Waals surface area contributed by atoms with E-state index in [1.54, 1.807) is 11.3 Å². The lowest BCUT2D eigenvalue weighted by atomic mass is 10.1. The predicted octanol–water partition coefficient (Wildman–Crippen LogP) is 2.51. The number of nitrogens with zero attached hydrogens (tertiary/aromatic N) is 3. The van der Waals surface area contributed by atoms with Gasteiger partial charge < -0.3 is 10.0 Å². The molecule has 1 N–H and O–H groups in total. The van der Waals surface area contributed by atoms with Gasteiger partial charge in [-0.25, -0.2) is 4.98 Å². The summed E-state index contributed by atoms with van der Waals surface area (Å²) in [6, 6.07) is 0.477. The Kier molecular flexibility index (Phi) is 3.69. The molecule has 0 saturated heterocycles. The summed E-state index contributed by atoms with van der Waals surface area (Å²) in [6.45, 7) is 4.39. The zero-order chi connectivity index (χ0) is 12.4. The fourth-order valence-electron chi connectivity index (χ4n) is 2.26. The Morgan fingerprint density at radius 2 is 2.18 bits per heavy atom. The van der Waals surface area contributed by atoms with Crippen molar-refractivity contribution in [3.8, 4) is 0 Å². The monoisotopic (exact) mass is 253 g/mol. The Labute approximate surface area is 106 Å². The van der Waals surface area contributed by atoms with Gasteiger partial charge in [0.2, 0.25) is 0 Å². The Balaban J connectivity index is 2.43. The highest BCUT2D eigenvalue weighted by molar-refractivity contribution is 7.15. The number of aromatic nitrogens is 2. The lowest BCUT2D eigenvalue weighted by molar-refractivity contribution is 0.276. The molecule has 2 heterocycles. The van der Waals surface area contributed by atoms with Crippen LogP contribution in [-0.4, -0.2) is 27.6 Å². The molecule has 4 nitrogen and oxygen atoms in total. The normalized spacial score (nSPS) is 11.6. The number of fused-ring (bicyclic) bond motifs is 1. The first-order valence-electron chi connectivity index (χ1n) is 6.01. The largest absolute Gasteiger partial charge is 0.390 e. The van der Waals surface area contributed by atoms with Crippen molar-refractivity contribution in [2.75, 3.05) is 11.9 Å². The number of aliphatic hydroxyl groups is 1. The van der Waals surface area contributed by atoms with Crippen LogP contribution in [0.2, 0.25) is 0 Å². The predicted molar refractivity (Wildman–Crippen MR) is 71.8 cm³/mol. The van der Waals surface area contributed by atoms with Crippen molar-refractivity contribution in [2.45, 2.75) is 39.3 Å². The van der Waals surface area contributed by atoms with Crippen LogP contribution in [0.25, 0.3) is 4.96 Å². The van der Waals surface area contributed by atoms with Crippen LogP contribution in [0.1, 0.15) is 32.4 Å². The third kappa shape index (κ3) is 2.05. The molecule has 5 heteroatoms. The Bertz CT molecular complexity index is 487. The number of thiazole rings is 1. The summed E-state index contributed by atoms with van der Waals surface area (Å²) in [7, 11) is 2.06. The number of rotatable bonds is 5. The van der Waals surface area contributed by atoms with E-state index in [9.17, 15) is 5.11 Å². The van der Waals surface area contributed by atoms with Crippen LogP contribution < -0.4 is 4.90 Å². The molecule has 0 saturated carbocycles. The van der Waals surface area contributed by atoms with E-state index in [-0.39, 0.29) is 6.61 Å². The topological polar surface area (TPSA) is 40.8 Å². The molecule has 0 aliphatic heterocycles. The molecule has 0 aliphatic carbocycles. The third-order valence-electron chi connectivity index (χ3n) is 3.31. The smallest absolute Gasteiger partial charge is 0.195 e. The zero-order valence-corrected chi connectivity index (χ0v) is 11.4. The van der Waals surface area contributed by atoms with Crippen molar-refractivity contribution < 1.29 is 5.11 Å². The lowest BCUT2D eigenvalue weighted by Crippen LogP contribution is -2.31. The molecular formula is C12H19N3OS. The van der Waals surface area contributed by atoms with Crippen LogP contribution in [-0.2, 0) is 6.61 Å². The van der Waals surface area contributed by atoms with Crippen molar-refractivity contribution in [1.82, 2.24) is 9.38 Å². The van der Waals surface area contributed by atoms with Gasteiger partial charge in [0.05, 0.1) is 12.3 Å². The number of imidazole rings is 1. The molecule has 0 aliphatic rings. The molecule has 0 spiro atoms. The van der Waals surface area contributed by atoms with Gasteiger partial charge >= 0.3 is 0 Å². The van der Waals surface area contributed by atoms with E-state index in [0.717, 1.165) is 29.3 Å². The lowest BCUT2D eigenvalue weighted by Gasteiger charge is -2.27. The maximum atomic E-state index is 9.52. The standard InChI is InChI=1S/C12H19N3OS/c1-4-9(5-2)14(3)11-10(8-16)15-6-7-17-12(15)13-11/h6-7,9,16H,4-5,8H2,1-3H3. The molecule has 2 rings (SSSR count). The van der Waals surface area contributed by atoms with Crippen molar-refractivity contribution in [1.29, 1.82) is 0 Å². The highest BCUT2D eigenvalue weighted by Crippen LogP contribution is 2.26. The first-order valence-corrected chi connectivity index (χ1v) is 6.88. The molecule has 2 aromatic heterocycles. The van der Waals surface area contributed by atoms with E-state index in [0.29, 0.717) is 6.04 Å². The summed E-state index contributed by atoms with van der Waals surface area (Å²) >= 11 is 1.60. The van der Waals surface area contributed by atoms with Gasteiger partial charge in [-0.2, -0.15) is 0 Å². The van der Waals surface area contributed by atoms with Crippen molar-refractivity contribution in [2.24, 2.45) is 0 Å². The number of hydrogen-bond acceptors (Lipinski definition) is 4. The zero-order valence-electron chi connectivity index (χ0n) is 10.6. The molecule has 0 radical (unpaired) electrons. The van der Waals surface area contributed by atoms with Crippen LogP contribution in [0.4, 0.5) is 5.82 Å². The second-order valence-corrected chi connectivity index (χ2v) is 5.05. The van der Waals surface area contributed by atoms with Gasteiger partial charge in [0, 0.05) is 24.7 Å². The molecule has 0 unspecified atom stereocenters. The summed E-state index contributed by atoms with van der Waals surface area (Å²) in [5.41, 5.74) is 0.885. The fraction of sp³-hybridized carbons (Fsp3) is 0.583. The van der Waals surface area contributed by atoms with Crippen molar-refractivity contribution in [3.05, 3.63) is 17.3 Å². The van der Waals surface area contributed by atoms with Crippen LogP contribution >= 0.6 is 11.3 Å². The molecule has 0 atom stereocenters. The minimum absolute atomic E-state index is 0.0255. The highest BCUT2D eigenvalue weighted by atomic mass is 32.1. The van der Waals surface area contributed by atoms with E-state index in [2.05, 4.69) is 30.8 Å². The van der Waals surface area contributed by atoms with E-state index < -0.39 is 0 Å². The van der Waals surface area contributed by atoms with E-state index in [4.69, 9.17) is 0 Å². The van der Waals surface area contributed by atoms with Crippen LogP contribution in [0, 0.1) is 0 Å². The van der Waals surface area contributed by atoms with Crippen LogP contribution in [0.3, 0.4) is 0 Å². The minimum atomic E-state index is 0.0255. The summed E-state index contributed by atoms with van der Waals surface area (Å²) in [6.07, 6.45) is 4.13. The Hall–Kier alpha value is -1.07. The number of hydrogen-bond donors (Lipinski definition) is 1. The molecule has 0 fully saturated rings. The quantitative estimate of drug-likeness (QED) is 0.890. The third-order valence-corrected chi connectivity index (χ3v) is 4.07. The van der Waals surface area contributed by atoms with Crippen molar-refractivity contribution in [3.63, 3.8) is 0 Å². The molecule has 0 aromatic carbocycles. The molecular weight excluding hydrogens is 234 g/mol. The van der Waals surface area contributed by atoms with Gasteiger partial charge in [0.15, 0.2) is 10.8 Å². The van der Waals surface area contributed by atoms with Gasteiger partial charge in [-0.3, -0.25) is 4.40 Å². The van der Waals surface area contributed by atoms with Gasteiger partial charge in [0.1, 0.15) is 0 Å². The van der Waals surface area contributed by atoms with Gasteiger partial charge in [-0.05, 0) is 12.8 Å². The maximum Gasteiger partial charge on any atom is 0.195 e. The highest BCUT2D eigenvalue weighted by Gasteiger charge is 2.19. The Morgan fingerprint density at radius 1 is 1.47 bits per heavy atom. The average molecular weight is 253 g/mol. The van der Waals surface area contributed by atoms with Crippen LogP contribution in [0.15, 0.2) is 11.6 Å². The van der Waals surface area contributed by atoms with E-state index in [1.165, 1.54) is 0 Å². The minimum Gasteiger partial charge on any atom is -0.390 e. The summed E-state index contributed by atoms with van der Waals surface area (Å²) < 4.78 is 1.97. The molecule has 94 valence electrons. The number of aliphatic hydroxyl groups excluding tert-OH is 1. The van der Waals surface area contributed by atoms with Crippen molar-refractivity contribution >= 4 is 22.1 Å². The van der Waals surface area contributed by atoms with Gasteiger partial charge in [-0.15, -0.1) is 11.3 Å². The summed E-state index contributed by atoms with van der Waals surface area (Å²) in [4.78, 5) is 7.74. The molecule has 0 bridgehead atoms. The van der Waals surface area contributed by atoms with Gasteiger partial charge in [-0.1, -0.05) is 13.8 Å². The second kappa shape index (κ2) is 5.06. The summed E-state index contributed by atoms with van der Waals surface area (Å²) in [5, 5.41) is 11.5. The van der Waals surface area contributed by atoms with E-state index in [1.807, 2.05) is 16.0 Å². The second-order valence-electron chi connectivity index (χ2n) is 4.18. The SMILES string of the molecule is CCC(CC)N(C)c1nc2sccn2c1CO. The van der Waals surface area contributed by atoms with Crippen LogP contribution in [0.5, 0.6) is 0 Å². The average Bonchev–Trinajstić information content (AvgIpc) is 2.89. The molecule has 17 heavy (non-hydrogen) atoms. The van der Waals surface area contributed by atoms with E-state index >= 15 is 0 Å². The fourth-order valence-corrected chi connectivity index (χ4v) is 2.99. The molecule has 2 aromatic rings. The van der Waals surface area contributed by atoms with Gasteiger partial charge in [0.25, 0.3) is 0 Å². The maximum absolute atomic E-state index is 9.52. The Morgan fingerprint density at radius 3 is 2.76 bits per heavy atom. The first-order chi connectivity index (χ1) is 8.22. The number of anilines is 1. The molecule has 0 amide bonds. The first kappa shape index (κ1) is 12.4.